The van der Waals surface area contributed by atoms with Crippen molar-refractivity contribution in [1.29, 1.82) is 0 Å². The topological polar surface area (TPSA) is 176 Å². The van der Waals surface area contributed by atoms with E-state index in [2.05, 4.69) is 9.47 Å². The smallest absolute Gasteiger partial charge is 1.00 e. The first-order valence-corrected chi connectivity index (χ1v) is 7.05. The first-order chi connectivity index (χ1) is 11.2. The molecule has 0 aliphatic rings. The van der Waals surface area contributed by atoms with Gasteiger partial charge >= 0.3 is 64.0 Å². The Morgan fingerprint density at radius 2 is 1.08 bits per heavy atom. The molecule has 0 heterocycles. The first-order valence-electron chi connectivity index (χ1n) is 7.05. The molecule has 0 aliphatic heterocycles. The maximum atomic E-state index is 10.3. The average Bonchev–Trinajstić information content (AvgIpc) is 2.39. The van der Waals surface area contributed by atoms with Crippen molar-refractivity contribution in [3.63, 3.8) is 0 Å². The summed E-state index contributed by atoms with van der Waals surface area (Å²) in [6.07, 6.45) is -1.21. The van der Waals surface area contributed by atoms with Gasteiger partial charge in [0.2, 0.25) is 0 Å². The summed E-state index contributed by atoms with van der Waals surface area (Å²) in [5, 5.41) is 35.5. The Hall–Kier alpha value is -0.668. The third kappa shape index (κ3) is 65.5. The summed E-state index contributed by atoms with van der Waals surface area (Å²) in [7, 11) is 0. The molecule has 0 aliphatic carbocycles. The van der Waals surface area contributed by atoms with Crippen LogP contribution in [0.15, 0.2) is 0 Å². The molecule has 0 aromatic carbocycles. The van der Waals surface area contributed by atoms with Gasteiger partial charge in [-0.3, -0.25) is 14.4 Å². The van der Waals surface area contributed by atoms with Crippen molar-refractivity contribution in [2.45, 2.75) is 40.5 Å². The van der Waals surface area contributed by atoms with E-state index in [1.165, 1.54) is 0 Å². The molecule has 0 amide bonds. The molecule has 0 rings (SSSR count). The molecular weight excluding hydrogens is 377 g/mol. The quantitative estimate of drug-likeness (QED) is 0.270. The molecule has 0 aromatic rings. The van der Waals surface area contributed by atoms with Gasteiger partial charge in [0, 0.05) is 0 Å². The number of carbonyl (C=O) groups is 4. The minimum Gasteiger partial charge on any atom is -1.00 e. The van der Waals surface area contributed by atoms with E-state index in [1.807, 2.05) is 0 Å². The summed E-state index contributed by atoms with van der Waals surface area (Å²) in [5.41, 5.74) is 0. The molecule has 0 fully saturated rings. The molecule has 26 heavy (non-hydrogen) atoms. The Kier molecular flexibility index (Phi) is 54.7. The van der Waals surface area contributed by atoms with Gasteiger partial charge in [0.25, 0.3) is 0 Å². The Balaban J connectivity index is -0.0000000422. The molecule has 0 spiro atoms. The largest absolute Gasteiger partial charge is 2.00 e. The second-order valence-electron chi connectivity index (χ2n) is 3.31. The molecule has 0 unspecified atom stereocenters. The van der Waals surface area contributed by atoms with Gasteiger partial charge in [0.1, 0.15) is 6.42 Å². The van der Waals surface area contributed by atoms with Gasteiger partial charge in [0.05, 0.1) is 25.6 Å². The molecule has 0 aromatic heterocycles. The summed E-state index contributed by atoms with van der Waals surface area (Å²) in [4.78, 5) is 39.9. The first kappa shape index (κ1) is 40.1. The number of carbonyl (C=O) groups excluding carboxylic acids is 3. The van der Waals surface area contributed by atoms with E-state index in [0.29, 0.717) is 0 Å². The summed E-state index contributed by atoms with van der Waals surface area (Å²) in [5.74, 6) is -4.01. The van der Waals surface area contributed by atoms with Crippen LogP contribution in [0.3, 0.4) is 0 Å². The fourth-order valence-electron chi connectivity index (χ4n) is 0.665. The van der Waals surface area contributed by atoms with E-state index < -0.39 is 36.7 Å². The number of aliphatic carboxylic acids is 2. The van der Waals surface area contributed by atoms with Crippen molar-refractivity contribution in [1.82, 2.24) is 0 Å². The van der Waals surface area contributed by atoms with Crippen LogP contribution in [0, 0.1) is 0 Å². The van der Waals surface area contributed by atoms with E-state index in [4.69, 9.17) is 15.3 Å². The zero-order valence-electron chi connectivity index (χ0n) is 16.8. The number of ether oxygens (including phenoxy) is 2. The monoisotopic (exact) mass is 402 g/mol. The van der Waals surface area contributed by atoms with Crippen molar-refractivity contribution < 1.29 is 50.5 Å². The van der Waals surface area contributed by atoms with Gasteiger partial charge in [-0.05, 0) is 13.8 Å². The Bertz CT molecular complexity index is 312. The van der Waals surface area contributed by atoms with Gasteiger partial charge in [-0.1, -0.05) is 13.8 Å². The van der Waals surface area contributed by atoms with Crippen LogP contribution in [-0.2, 0) is 28.7 Å². The molecule has 12 heteroatoms. The van der Waals surface area contributed by atoms with Crippen LogP contribution in [0.4, 0.5) is 0 Å². The zero-order chi connectivity index (χ0) is 20.0. The van der Waals surface area contributed by atoms with Gasteiger partial charge in [-0.25, -0.2) is 0 Å². The van der Waals surface area contributed by atoms with E-state index >= 15 is 0 Å². The van der Waals surface area contributed by atoms with Crippen molar-refractivity contribution in [3.8, 4) is 0 Å². The number of hydrogen-bond acceptors (Lipinski definition) is 9. The maximum Gasteiger partial charge on any atom is 2.00 e. The van der Waals surface area contributed by atoms with Crippen LogP contribution in [0.25, 0.3) is 0 Å². The van der Waals surface area contributed by atoms with E-state index in [-0.39, 0.29) is 74.0 Å². The normalized spacial score (nSPS) is 7.31. The fourth-order valence-corrected chi connectivity index (χ4v) is 0.665. The van der Waals surface area contributed by atoms with Gasteiger partial charge < -0.3 is 36.1 Å². The molecule has 0 saturated carbocycles. The van der Waals surface area contributed by atoms with Crippen LogP contribution in [-0.4, -0.2) is 102 Å². The molecule has 0 radical (unpaired) electrons. The van der Waals surface area contributed by atoms with Crippen molar-refractivity contribution >= 4 is 70.0 Å². The molecule has 146 valence electrons. The summed E-state index contributed by atoms with van der Waals surface area (Å²) >= 11 is 0. The van der Waals surface area contributed by atoms with Gasteiger partial charge in [-0.15, -0.1) is 13.2 Å². The third-order valence-corrected chi connectivity index (χ3v) is 1.19. The number of carboxylic acids is 2. The summed E-state index contributed by atoms with van der Waals surface area (Å²) in [6, 6.07) is 0. The predicted octanol–water partition coefficient (Wildman–Crippen LogP) is -3.20. The number of carboxylic acid groups (broad SMARTS) is 2. The fraction of sp³-hybridized carbons (Fsp3) is 0.714. The van der Waals surface area contributed by atoms with Gasteiger partial charge in [-0.2, -0.15) is 0 Å². The van der Waals surface area contributed by atoms with Crippen molar-refractivity contribution in [2.75, 3.05) is 26.4 Å². The average molecular weight is 403 g/mol. The second-order valence-corrected chi connectivity index (χ2v) is 3.31. The van der Waals surface area contributed by atoms with Gasteiger partial charge in [0.15, 0.2) is 0 Å². The van der Waals surface area contributed by atoms with Crippen molar-refractivity contribution in [2.24, 2.45) is 0 Å². The van der Waals surface area contributed by atoms with Crippen LogP contribution in [0.2, 0.25) is 0 Å². The molecular formula is C14H26Mg2O10. The van der Waals surface area contributed by atoms with Crippen LogP contribution in [0.5, 0.6) is 0 Å². The van der Waals surface area contributed by atoms with E-state index in [0.717, 1.165) is 0 Å². The molecule has 10 nitrogen and oxygen atoms in total. The number of rotatable bonds is 6. The number of esters is 2. The van der Waals surface area contributed by atoms with E-state index in [9.17, 15) is 24.3 Å². The zero-order valence-corrected chi connectivity index (χ0v) is 18.6. The van der Waals surface area contributed by atoms with Crippen molar-refractivity contribution in [3.05, 3.63) is 0 Å². The Morgan fingerprint density at radius 1 is 0.808 bits per heavy atom. The summed E-state index contributed by atoms with van der Waals surface area (Å²) in [6.45, 7) is 6.80. The molecule has 0 atom stereocenters. The predicted molar refractivity (Wildman–Crippen MR) is 88.8 cm³/mol. The minimum atomic E-state index is -1.41. The standard InChI is InChI=1S/2C5H8O4.2C2H5O.2Mg.H/c2*1-2-9-5(8)3-4(6)7;2*1-2-3;;;/h2*2-3H2,1H3,(H,6,7);2*2H2,1H3;;;/q;;2*-1;2*+2;-1/p-1. The third-order valence-electron chi connectivity index (χ3n) is 1.19. The number of hydrogen-bond donors (Lipinski definition) is 1. The maximum absolute atomic E-state index is 10.3. The Labute approximate surface area is 187 Å². The van der Waals surface area contributed by atoms with Crippen LogP contribution < -0.4 is 15.3 Å². The second kappa shape index (κ2) is 35.4. The molecule has 0 bridgehead atoms. The van der Waals surface area contributed by atoms with Crippen LogP contribution in [0.1, 0.15) is 42.0 Å². The van der Waals surface area contributed by atoms with E-state index in [1.54, 1.807) is 27.7 Å². The molecule has 0 saturated heterocycles. The SMILES string of the molecule is CCOC(=O)CC(=O)O.CCOC(=O)CC(=O)[O-].CC[O-].CC[O-].[H-].[Mg+2].[Mg+2]. The Morgan fingerprint density at radius 3 is 1.27 bits per heavy atom. The minimum absolute atomic E-state index is 0. The summed E-state index contributed by atoms with van der Waals surface area (Å²) < 4.78 is 8.63. The molecule has 1 N–H and O–H groups in total. The van der Waals surface area contributed by atoms with Crippen LogP contribution >= 0.6 is 0 Å².